The van der Waals surface area contributed by atoms with Crippen molar-refractivity contribution in [2.24, 2.45) is 0 Å². The number of pyridine rings is 1. The van der Waals surface area contributed by atoms with Gasteiger partial charge in [0.1, 0.15) is 4.83 Å². The number of aromatic nitrogens is 1. The highest BCUT2D eigenvalue weighted by Crippen LogP contribution is 2.50. The summed E-state index contributed by atoms with van der Waals surface area (Å²) in [6.45, 7) is 0. The summed E-state index contributed by atoms with van der Waals surface area (Å²) in [6.07, 6.45) is 1.84. The zero-order chi connectivity index (χ0) is 29.6. The van der Waals surface area contributed by atoms with Crippen LogP contribution < -0.4 is 0 Å². The van der Waals surface area contributed by atoms with Crippen LogP contribution >= 0.6 is 22.7 Å². The molecule has 0 atom stereocenters. The molecule has 0 saturated heterocycles. The SMILES string of the molecule is O=C1C(=Cc2csc3c2sc2c3c3cc4ccccc4c4ccc5c6ccccc6n2c5c43)C(=O)c2cc3ccccc3cc21. The average molecular weight is 610 g/mol. The second-order valence-corrected chi connectivity index (χ2v) is 13.9. The first kappa shape index (κ1) is 24.0. The van der Waals surface area contributed by atoms with Gasteiger partial charge in [0.25, 0.3) is 0 Å². The van der Waals surface area contributed by atoms with Crippen LogP contribution in [0.5, 0.6) is 0 Å². The van der Waals surface area contributed by atoms with Gasteiger partial charge in [-0.1, -0.05) is 78.9 Å². The van der Waals surface area contributed by atoms with Crippen LogP contribution in [0.25, 0.3) is 85.2 Å². The maximum Gasteiger partial charge on any atom is 0.197 e. The van der Waals surface area contributed by atoms with E-state index in [9.17, 15) is 9.59 Å². The fraction of sp³-hybridized carbons (Fsp3) is 0. The molecule has 0 saturated carbocycles. The maximum atomic E-state index is 13.7. The van der Waals surface area contributed by atoms with Gasteiger partial charge in [0, 0.05) is 43.6 Å². The van der Waals surface area contributed by atoms with Crippen LogP contribution in [0.3, 0.4) is 0 Å². The van der Waals surface area contributed by atoms with Gasteiger partial charge in [-0.05, 0) is 62.7 Å². The van der Waals surface area contributed by atoms with E-state index in [0.717, 1.165) is 21.0 Å². The number of allylic oxidation sites excluding steroid dienone is 1. The Bertz CT molecular complexity index is 2970. The van der Waals surface area contributed by atoms with Gasteiger partial charge < -0.3 is 0 Å². The van der Waals surface area contributed by atoms with E-state index in [2.05, 4.69) is 76.5 Å². The lowest BCUT2D eigenvalue weighted by Gasteiger charge is -2.13. The number of hydrogen-bond donors (Lipinski definition) is 0. The Kier molecular flexibility index (Phi) is 4.38. The smallest absolute Gasteiger partial charge is 0.197 e. The highest BCUT2D eigenvalue weighted by molar-refractivity contribution is 7.32. The molecule has 45 heavy (non-hydrogen) atoms. The lowest BCUT2D eigenvalue weighted by molar-refractivity contribution is 0.0990. The fourth-order valence-electron chi connectivity index (χ4n) is 7.73. The number of benzene rings is 6. The molecule has 11 rings (SSSR count). The highest BCUT2D eigenvalue weighted by atomic mass is 32.1. The average Bonchev–Trinajstić information content (AvgIpc) is 3.80. The molecule has 208 valence electrons. The third-order valence-electron chi connectivity index (χ3n) is 9.71. The molecule has 3 nitrogen and oxygen atoms in total. The first-order valence-corrected chi connectivity index (χ1v) is 16.6. The van der Waals surface area contributed by atoms with Crippen molar-refractivity contribution < 1.29 is 9.59 Å². The summed E-state index contributed by atoms with van der Waals surface area (Å²) in [5, 5.41) is 14.0. The monoisotopic (exact) mass is 609 g/mol. The van der Waals surface area contributed by atoms with Crippen LogP contribution in [0.15, 0.2) is 114 Å². The van der Waals surface area contributed by atoms with Crippen molar-refractivity contribution in [2.45, 2.75) is 0 Å². The summed E-state index contributed by atoms with van der Waals surface area (Å²) in [5.41, 5.74) is 4.61. The molecule has 0 unspecified atom stereocenters. The van der Waals surface area contributed by atoms with Crippen LogP contribution in [0.1, 0.15) is 26.3 Å². The third kappa shape index (κ3) is 2.90. The minimum absolute atomic E-state index is 0.192. The van der Waals surface area contributed by atoms with E-state index in [0.29, 0.717) is 11.1 Å². The molecule has 1 aliphatic rings. The lowest BCUT2D eigenvalue weighted by Crippen LogP contribution is -1.99. The van der Waals surface area contributed by atoms with Crippen LogP contribution in [0.4, 0.5) is 0 Å². The number of ketones is 2. The van der Waals surface area contributed by atoms with Gasteiger partial charge in [-0.3, -0.25) is 14.0 Å². The first-order valence-electron chi connectivity index (χ1n) is 14.9. The summed E-state index contributed by atoms with van der Waals surface area (Å²) in [6, 6.07) is 35.8. The highest BCUT2D eigenvalue weighted by Gasteiger charge is 2.34. The molecule has 6 aromatic carbocycles. The predicted octanol–water partition coefficient (Wildman–Crippen LogP) is 11.0. The predicted molar refractivity (Wildman–Crippen MR) is 190 cm³/mol. The van der Waals surface area contributed by atoms with Crippen molar-refractivity contribution in [3.63, 3.8) is 0 Å². The van der Waals surface area contributed by atoms with Crippen LogP contribution in [-0.4, -0.2) is 16.0 Å². The molecule has 0 spiro atoms. The Morgan fingerprint density at radius 1 is 0.578 bits per heavy atom. The molecule has 1 aliphatic carbocycles. The zero-order valence-corrected chi connectivity index (χ0v) is 25.2. The van der Waals surface area contributed by atoms with Gasteiger partial charge >= 0.3 is 0 Å². The molecule has 5 heteroatoms. The van der Waals surface area contributed by atoms with E-state index >= 15 is 0 Å². The number of carbonyl (C=O) groups excluding carboxylic acids is 2. The Morgan fingerprint density at radius 3 is 2.02 bits per heavy atom. The topological polar surface area (TPSA) is 38.5 Å². The van der Waals surface area contributed by atoms with E-state index in [1.54, 1.807) is 22.7 Å². The minimum Gasteiger partial charge on any atom is -0.299 e. The molecular formula is C40H19NO2S2. The first-order chi connectivity index (χ1) is 22.2. The van der Waals surface area contributed by atoms with Crippen LogP contribution in [-0.2, 0) is 0 Å². The number of para-hydroxylation sites is 1. The zero-order valence-electron chi connectivity index (χ0n) is 23.5. The van der Waals surface area contributed by atoms with Crippen molar-refractivity contribution in [3.05, 3.63) is 131 Å². The summed E-state index contributed by atoms with van der Waals surface area (Å²) in [7, 11) is 0. The summed E-state index contributed by atoms with van der Waals surface area (Å²) < 4.78 is 4.75. The van der Waals surface area contributed by atoms with Gasteiger partial charge in [-0.2, -0.15) is 0 Å². The number of fused-ring (bicyclic) bond motifs is 12. The summed E-state index contributed by atoms with van der Waals surface area (Å²) >= 11 is 3.46. The van der Waals surface area contributed by atoms with Crippen molar-refractivity contribution in [1.29, 1.82) is 0 Å². The molecule has 0 N–H and O–H groups in total. The van der Waals surface area contributed by atoms with Gasteiger partial charge in [0.15, 0.2) is 11.6 Å². The van der Waals surface area contributed by atoms with Crippen molar-refractivity contribution >= 4 is 119 Å². The molecule has 4 aromatic heterocycles. The molecule has 0 aliphatic heterocycles. The lowest BCUT2D eigenvalue weighted by atomic mass is 9.95. The van der Waals surface area contributed by atoms with Gasteiger partial charge in [0.2, 0.25) is 0 Å². The van der Waals surface area contributed by atoms with E-state index in [4.69, 9.17) is 0 Å². The largest absolute Gasteiger partial charge is 0.299 e. The number of rotatable bonds is 1. The molecule has 10 aromatic rings. The Hall–Kier alpha value is -5.36. The second kappa shape index (κ2) is 8.21. The van der Waals surface area contributed by atoms with Gasteiger partial charge in [-0.15, -0.1) is 22.7 Å². The quantitative estimate of drug-likeness (QED) is 0.0804. The fourth-order valence-corrected chi connectivity index (χ4v) is 10.3. The van der Waals surface area contributed by atoms with Crippen LogP contribution in [0.2, 0.25) is 0 Å². The standard InChI is InChI=1S/C40H19NO2S2/c42-36-28-15-20-7-1-2-8-21(20)16-29(28)37(43)31(36)18-23-19-44-39-34-30-17-22-9-3-4-10-24(22)26-13-14-27-25-11-5-6-12-32(25)41(35(27)33(26)30)40(34)45-38(23)39/h1-19H. The number of Topliss-reactive ketones (excluding diaryl/α,β-unsaturated/α-hetero) is 2. The molecule has 4 heterocycles. The normalized spacial score (nSPS) is 13.8. The summed E-state index contributed by atoms with van der Waals surface area (Å²) in [5.74, 6) is -0.383. The number of hydrogen-bond acceptors (Lipinski definition) is 4. The molecular weight excluding hydrogens is 591 g/mol. The second-order valence-electron chi connectivity index (χ2n) is 12.0. The van der Waals surface area contributed by atoms with Crippen molar-refractivity contribution in [2.75, 3.05) is 0 Å². The Morgan fingerprint density at radius 2 is 1.24 bits per heavy atom. The Balaban J connectivity index is 1.25. The van der Waals surface area contributed by atoms with E-state index in [1.165, 1.54) is 63.7 Å². The third-order valence-corrected chi connectivity index (χ3v) is 12.1. The molecule has 0 amide bonds. The van der Waals surface area contributed by atoms with Gasteiger partial charge in [0.05, 0.1) is 26.0 Å². The van der Waals surface area contributed by atoms with E-state index in [-0.39, 0.29) is 17.1 Å². The van der Waals surface area contributed by atoms with E-state index < -0.39 is 0 Å². The van der Waals surface area contributed by atoms with Gasteiger partial charge in [-0.25, -0.2) is 0 Å². The van der Waals surface area contributed by atoms with Crippen molar-refractivity contribution in [1.82, 2.24) is 4.40 Å². The van der Waals surface area contributed by atoms with E-state index in [1.807, 2.05) is 42.5 Å². The van der Waals surface area contributed by atoms with Crippen molar-refractivity contribution in [3.8, 4) is 0 Å². The van der Waals surface area contributed by atoms with Crippen LogP contribution in [0, 0.1) is 0 Å². The minimum atomic E-state index is -0.192. The molecule has 0 bridgehead atoms. The maximum absolute atomic E-state index is 13.7. The number of carbonyl (C=O) groups is 2. The molecule has 0 radical (unpaired) electrons. The Labute approximate surface area is 263 Å². The number of nitrogens with zero attached hydrogens (tertiary/aromatic N) is 1. The molecule has 0 fully saturated rings. The summed E-state index contributed by atoms with van der Waals surface area (Å²) in [4.78, 5) is 28.5. The number of thiophene rings is 2.